The number of hydrogen-bond acceptors (Lipinski definition) is 4. The molecule has 1 atom stereocenters. The van der Waals surface area contributed by atoms with E-state index in [2.05, 4.69) is 53.4 Å². The van der Waals surface area contributed by atoms with Gasteiger partial charge in [-0.05, 0) is 59.9 Å². The third-order valence-electron chi connectivity index (χ3n) is 6.91. The van der Waals surface area contributed by atoms with Crippen LogP contribution in [0.5, 0.6) is 11.5 Å². The molecule has 0 heterocycles. The minimum Gasteiger partial charge on any atom is -0.494 e. The van der Waals surface area contributed by atoms with Gasteiger partial charge in [0, 0.05) is 25.6 Å². The van der Waals surface area contributed by atoms with Crippen molar-refractivity contribution in [2.24, 2.45) is 0 Å². The minimum atomic E-state index is -0.873. The largest absolute Gasteiger partial charge is 0.494 e. The van der Waals surface area contributed by atoms with Crippen molar-refractivity contribution in [1.82, 2.24) is 4.90 Å². The second-order valence-electron chi connectivity index (χ2n) is 10.0. The molecule has 4 rings (SSSR count). The number of carboxylic acids is 1. The summed E-state index contributed by atoms with van der Waals surface area (Å²) in [5, 5.41) is 9.11. The molecule has 4 aromatic carbocycles. The monoisotopic (exact) mass is 541 g/mol. The molecular weight excluding hydrogens is 505 g/mol. The van der Waals surface area contributed by atoms with Crippen LogP contribution in [0.3, 0.4) is 0 Å². The molecule has 6 heteroatoms. The standard InChI is InChI=1S/C34H36FNO4/c1-25(40-30-15-9-10-26(20-30)22-34(37)38)18-19-36(23-27-16-17-33(39-2)32(35)21-27)24-31(28-11-5-3-6-12-28)29-13-7-4-8-14-29/h3-17,20-21,25,31H,18-19,22-24H2,1-2H3,(H,37,38). The predicted molar refractivity (Wildman–Crippen MR) is 155 cm³/mol. The van der Waals surface area contributed by atoms with E-state index in [-0.39, 0.29) is 30.0 Å². The lowest BCUT2D eigenvalue weighted by Gasteiger charge is -2.29. The van der Waals surface area contributed by atoms with Crippen LogP contribution in [0, 0.1) is 5.82 Å². The Hall–Kier alpha value is -4.16. The summed E-state index contributed by atoms with van der Waals surface area (Å²) in [4.78, 5) is 13.4. The highest BCUT2D eigenvalue weighted by Crippen LogP contribution is 2.27. The van der Waals surface area contributed by atoms with Crippen LogP contribution in [-0.2, 0) is 17.8 Å². The van der Waals surface area contributed by atoms with Gasteiger partial charge in [0.15, 0.2) is 11.6 Å². The third kappa shape index (κ3) is 8.42. The SMILES string of the molecule is COc1ccc(CN(CCC(C)Oc2cccc(CC(=O)O)c2)CC(c2ccccc2)c2ccccc2)cc1F. The van der Waals surface area contributed by atoms with Gasteiger partial charge in [0.2, 0.25) is 0 Å². The fraction of sp³-hybridized carbons (Fsp3) is 0.265. The molecule has 0 amide bonds. The average molecular weight is 542 g/mol. The Kier molecular flexibility index (Phi) is 10.3. The number of aliphatic carboxylic acids is 1. The summed E-state index contributed by atoms with van der Waals surface area (Å²) in [6, 6.07) is 33.2. The first-order valence-electron chi connectivity index (χ1n) is 13.5. The van der Waals surface area contributed by atoms with E-state index < -0.39 is 5.97 Å². The van der Waals surface area contributed by atoms with Gasteiger partial charge in [-0.3, -0.25) is 9.69 Å². The summed E-state index contributed by atoms with van der Waals surface area (Å²) in [5.74, 6) is -0.229. The Morgan fingerprint density at radius 1 is 0.875 bits per heavy atom. The summed E-state index contributed by atoms with van der Waals surface area (Å²) >= 11 is 0. The first kappa shape index (κ1) is 28.8. The molecule has 0 saturated heterocycles. The Bertz CT molecular complexity index is 1320. The lowest BCUT2D eigenvalue weighted by atomic mass is 9.90. The second-order valence-corrected chi connectivity index (χ2v) is 10.0. The number of hydrogen-bond donors (Lipinski definition) is 1. The molecule has 0 aliphatic heterocycles. The lowest BCUT2D eigenvalue weighted by Crippen LogP contribution is -2.32. The topological polar surface area (TPSA) is 59.0 Å². The molecule has 1 unspecified atom stereocenters. The van der Waals surface area contributed by atoms with Gasteiger partial charge in [-0.1, -0.05) is 78.9 Å². The van der Waals surface area contributed by atoms with Crippen molar-refractivity contribution in [3.05, 3.63) is 131 Å². The molecule has 0 radical (unpaired) electrons. The van der Waals surface area contributed by atoms with E-state index in [1.807, 2.05) is 37.3 Å². The number of halogens is 1. The van der Waals surface area contributed by atoms with Crippen molar-refractivity contribution in [3.8, 4) is 11.5 Å². The maximum atomic E-state index is 14.6. The third-order valence-corrected chi connectivity index (χ3v) is 6.91. The van der Waals surface area contributed by atoms with Gasteiger partial charge in [-0.25, -0.2) is 4.39 Å². The Morgan fingerprint density at radius 2 is 1.55 bits per heavy atom. The van der Waals surface area contributed by atoms with Crippen molar-refractivity contribution < 1.29 is 23.8 Å². The van der Waals surface area contributed by atoms with Crippen LogP contribution in [0.2, 0.25) is 0 Å². The zero-order valence-corrected chi connectivity index (χ0v) is 23.0. The number of carboxylic acid groups (broad SMARTS) is 1. The van der Waals surface area contributed by atoms with Gasteiger partial charge in [0.25, 0.3) is 0 Å². The van der Waals surface area contributed by atoms with Gasteiger partial charge in [-0.15, -0.1) is 0 Å². The van der Waals surface area contributed by atoms with Crippen LogP contribution in [0.15, 0.2) is 103 Å². The lowest BCUT2D eigenvalue weighted by molar-refractivity contribution is -0.136. The maximum Gasteiger partial charge on any atom is 0.307 e. The van der Waals surface area contributed by atoms with E-state index in [0.29, 0.717) is 17.9 Å². The molecule has 0 saturated carbocycles. The molecule has 0 aliphatic rings. The van der Waals surface area contributed by atoms with Crippen molar-refractivity contribution in [1.29, 1.82) is 0 Å². The quantitative estimate of drug-likeness (QED) is 0.187. The van der Waals surface area contributed by atoms with Gasteiger partial charge < -0.3 is 14.6 Å². The van der Waals surface area contributed by atoms with Crippen LogP contribution in [0.1, 0.15) is 41.5 Å². The molecule has 208 valence electrons. The number of carbonyl (C=O) groups is 1. The summed E-state index contributed by atoms with van der Waals surface area (Å²) in [5.41, 5.74) is 4.01. The smallest absolute Gasteiger partial charge is 0.307 e. The van der Waals surface area contributed by atoms with E-state index in [9.17, 15) is 9.18 Å². The minimum absolute atomic E-state index is 0.0435. The van der Waals surface area contributed by atoms with Crippen molar-refractivity contribution in [2.45, 2.75) is 38.3 Å². The van der Waals surface area contributed by atoms with E-state index >= 15 is 0 Å². The predicted octanol–water partition coefficient (Wildman–Crippen LogP) is 6.95. The molecule has 1 N–H and O–H groups in total. The molecular formula is C34H36FNO4. The van der Waals surface area contributed by atoms with E-state index in [0.717, 1.165) is 25.1 Å². The van der Waals surface area contributed by atoms with Gasteiger partial charge in [-0.2, -0.15) is 0 Å². The van der Waals surface area contributed by atoms with Crippen LogP contribution in [0.4, 0.5) is 4.39 Å². The second kappa shape index (κ2) is 14.3. The number of ether oxygens (including phenoxy) is 2. The van der Waals surface area contributed by atoms with Gasteiger partial charge in [0.1, 0.15) is 5.75 Å². The fourth-order valence-electron chi connectivity index (χ4n) is 4.89. The highest BCUT2D eigenvalue weighted by Gasteiger charge is 2.20. The average Bonchev–Trinajstić information content (AvgIpc) is 2.95. The number of nitrogens with zero attached hydrogens (tertiary/aromatic N) is 1. The summed E-state index contributed by atoms with van der Waals surface area (Å²) in [6.45, 7) is 4.04. The van der Waals surface area contributed by atoms with Gasteiger partial charge >= 0.3 is 5.97 Å². The van der Waals surface area contributed by atoms with Crippen LogP contribution in [-0.4, -0.2) is 42.3 Å². The van der Waals surface area contributed by atoms with Crippen LogP contribution < -0.4 is 9.47 Å². The van der Waals surface area contributed by atoms with E-state index in [4.69, 9.17) is 14.6 Å². The highest BCUT2D eigenvalue weighted by molar-refractivity contribution is 5.70. The van der Waals surface area contributed by atoms with E-state index in [1.165, 1.54) is 18.2 Å². The molecule has 0 spiro atoms. The molecule has 0 bridgehead atoms. The number of rotatable bonds is 14. The Labute approximate surface area is 235 Å². The molecule has 5 nitrogen and oxygen atoms in total. The zero-order valence-electron chi connectivity index (χ0n) is 23.0. The van der Waals surface area contributed by atoms with Crippen LogP contribution >= 0.6 is 0 Å². The Morgan fingerprint density at radius 3 is 2.15 bits per heavy atom. The summed E-state index contributed by atoms with van der Waals surface area (Å²) < 4.78 is 25.8. The van der Waals surface area contributed by atoms with Crippen molar-refractivity contribution in [3.63, 3.8) is 0 Å². The zero-order chi connectivity index (χ0) is 28.3. The molecule has 0 aromatic heterocycles. The van der Waals surface area contributed by atoms with Crippen LogP contribution in [0.25, 0.3) is 0 Å². The van der Waals surface area contributed by atoms with Crippen molar-refractivity contribution >= 4 is 5.97 Å². The van der Waals surface area contributed by atoms with E-state index in [1.54, 1.807) is 24.3 Å². The molecule has 0 aliphatic carbocycles. The Balaban J connectivity index is 1.53. The highest BCUT2D eigenvalue weighted by atomic mass is 19.1. The number of methoxy groups -OCH3 is 1. The molecule has 40 heavy (non-hydrogen) atoms. The summed E-state index contributed by atoms with van der Waals surface area (Å²) in [7, 11) is 1.47. The van der Waals surface area contributed by atoms with Gasteiger partial charge in [0.05, 0.1) is 19.6 Å². The summed E-state index contributed by atoms with van der Waals surface area (Å²) in [6.07, 6.45) is 0.582. The maximum absolute atomic E-state index is 14.6. The normalized spacial score (nSPS) is 11.9. The first-order valence-corrected chi connectivity index (χ1v) is 13.5. The molecule has 0 fully saturated rings. The van der Waals surface area contributed by atoms with Crippen molar-refractivity contribution in [2.75, 3.05) is 20.2 Å². The number of benzene rings is 4. The molecule has 4 aromatic rings. The first-order chi connectivity index (χ1) is 19.4. The fourth-order valence-corrected chi connectivity index (χ4v) is 4.89.